The number of benzene rings is 1. The number of halogens is 1. The first-order chi connectivity index (χ1) is 10.1. The van der Waals surface area contributed by atoms with Crippen molar-refractivity contribution < 1.29 is 9.13 Å². The van der Waals surface area contributed by atoms with Gasteiger partial charge in [-0.3, -0.25) is 0 Å². The van der Waals surface area contributed by atoms with E-state index < -0.39 is 5.82 Å². The van der Waals surface area contributed by atoms with Crippen LogP contribution in [0.25, 0.3) is 0 Å². The molecular formula is C17H29FN2O. The van der Waals surface area contributed by atoms with Crippen LogP contribution in [-0.4, -0.2) is 12.6 Å². The Morgan fingerprint density at radius 1 is 1.14 bits per heavy atom. The van der Waals surface area contributed by atoms with Crippen LogP contribution >= 0.6 is 0 Å². The molecule has 0 bridgehead atoms. The molecule has 0 heterocycles. The van der Waals surface area contributed by atoms with Crippen LogP contribution in [0, 0.1) is 5.82 Å². The van der Waals surface area contributed by atoms with Gasteiger partial charge in [-0.2, -0.15) is 0 Å². The largest absolute Gasteiger partial charge is 0.490 e. The van der Waals surface area contributed by atoms with Gasteiger partial charge in [0.2, 0.25) is 0 Å². The number of hydrogen-bond donors (Lipinski definition) is 2. The second kappa shape index (κ2) is 9.48. The smallest absolute Gasteiger partial charge is 0.167 e. The van der Waals surface area contributed by atoms with Crippen LogP contribution in [0.4, 0.5) is 15.8 Å². The molecule has 21 heavy (non-hydrogen) atoms. The molecule has 120 valence electrons. The molecule has 0 amide bonds. The summed E-state index contributed by atoms with van der Waals surface area (Å²) in [5, 5.41) is 3.46. The van der Waals surface area contributed by atoms with Gasteiger partial charge in [0.15, 0.2) is 11.6 Å². The van der Waals surface area contributed by atoms with Gasteiger partial charge in [0.25, 0.3) is 0 Å². The second-order valence-electron chi connectivity index (χ2n) is 5.49. The third-order valence-corrected chi connectivity index (χ3v) is 3.47. The van der Waals surface area contributed by atoms with Crippen LogP contribution in [-0.2, 0) is 0 Å². The Morgan fingerprint density at radius 3 is 2.52 bits per heavy atom. The number of nitrogens with one attached hydrogen (secondary N) is 1. The Morgan fingerprint density at radius 2 is 1.90 bits per heavy atom. The number of unbranched alkanes of at least 4 members (excludes halogenated alkanes) is 1. The number of hydrogen-bond acceptors (Lipinski definition) is 3. The molecule has 0 saturated carbocycles. The summed E-state index contributed by atoms with van der Waals surface area (Å²) in [5.41, 5.74) is 7.15. The highest BCUT2D eigenvalue weighted by Crippen LogP contribution is 2.30. The highest BCUT2D eigenvalue weighted by molar-refractivity contribution is 5.69. The first-order valence-corrected chi connectivity index (χ1v) is 8.10. The van der Waals surface area contributed by atoms with E-state index in [1.807, 2.05) is 6.92 Å². The fraction of sp³-hybridized carbons (Fsp3) is 0.647. The Hall–Kier alpha value is -1.45. The van der Waals surface area contributed by atoms with Gasteiger partial charge in [-0.05, 0) is 19.3 Å². The Labute approximate surface area is 128 Å². The van der Waals surface area contributed by atoms with Crippen molar-refractivity contribution in [3.8, 4) is 5.75 Å². The van der Waals surface area contributed by atoms with Crippen molar-refractivity contribution >= 4 is 11.4 Å². The zero-order valence-corrected chi connectivity index (χ0v) is 13.5. The summed E-state index contributed by atoms with van der Waals surface area (Å²) in [5.74, 6) is -0.119. The van der Waals surface area contributed by atoms with Crippen molar-refractivity contribution in [3.05, 3.63) is 17.9 Å². The third kappa shape index (κ3) is 5.82. The molecule has 1 rings (SSSR count). The average molecular weight is 296 g/mol. The summed E-state index contributed by atoms with van der Waals surface area (Å²) < 4.78 is 19.2. The molecule has 1 aromatic rings. The lowest BCUT2D eigenvalue weighted by Crippen LogP contribution is -2.20. The molecule has 0 spiro atoms. The van der Waals surface area contributed by atoms with E-state index in [0.717, 1.165) is 31.4 Å². The van der Waals surface area contributed by atoms with Gasteiger partial charge in [0.05, 0.1) is 18.0 Å². The molecule has 0 fully saturated rings. The van der Waals surface area contributed by atoms with Crippen molar-refractivity contribution in [2.75, 3.05) is 17.7 Å². The number of nitrogens with two attached hydrogens (primary N) is 1. The van der Waals surface area contributed by atoms with Crippen molar-refractivity contribution in [1.82, 2.24) is 0 Å². The zero-order chi connectivity index (χ0) is 15.7. The zero-order valence-electron chi connectivity index (χ0n) is 13.5. The average Bonchev–Trinajstić information content (AvgIpc) is 2.46. The Kier molecular flexibility index (Phi) is 7.95. The van der Waals surface area contributed by atoms with E-state index >= 15 is 0 Å². The van der Waals surface area contributed by atoms with Crippen molar-refractivity contribution in [3.63, 3.8) is 0 Å². The predicted octanol–water partition coefficient (Wildman–Crippen LogP) is 4.97. The minimum absolute atomic E-state index is 0.277. The van der Waals surface area contributed by atoms with Gasteiger partial charge in [0.1, 0.15) is 0 Å². The fourth-order valence-corrected chi connectivity index (χ4v) is 2.32. The van der Waals surface area contributed by atoms with Crippen molar-refractivity contribution in [2.24, 2.45) is 0 Å². The number of rotatable bonds is 10. The standard InChI is InChI=1S/C17H29FN2O/c1-4-7-9-13(8-5-2)20-16-12-17(21-10-6-3)14(18)11-15(16)19/h11-13,20H,4-10,19H2,1-3H3. The number of anilines is 2. The van der Waals surface area contributed by atoms with E-state index in [2.05, 4.69) is 19.2 Å². The molecule has 0 aliphatic heterocycles. The maximum absolute atomic E-state index is 13.8. The lowest BCUT2D eigenvalue weighted by atomic mass is 10.0. The second-order valence-corrected chi connectivity index (χ2v) is 5.49. The molecule has 0 radical (unpaired) electrons. The highest BCUT2D eigenvalue weighted by Gasteiger charge is 2.13. The summed E-state index contributed by atoms with van der Waals surface area (Å²) in [6.07, 6.45) is 6.50. The number of ether oxygens (including phenoxy) is 1. The van der Waals surface area contributed by atoms with E-state index in [9.17, 15) is 4.39 Å². The van der Waals surface area contributed by atoms with Gasteiger partial charge in [-0.15, -0.1) is 0 Å². The number of nitrogen functional groups attached to an aromatic ring is 1. The van der Waals surface area contributed by atoms with E-state index in [4.69, 9.17) is 10.5 Å². The van der Waals surface area contributed by atoms with E-state index in [1.165, 1.54) is 18.9 Å². The molecule has 0 aliphatic carbocycles. The summed E-state index contributed by atoms with van der Waals surface area (Å²) in [7, 11) is 0. The third-order valence-electron chi connectivity index (χ3n) is 3.47. The topological polar surface area (TPSA) is 47.3 Å². The van der Waals surface area contributed by atoms with Crippen LogP contribution in [0.2, 0.25) is 0 Å². The highest BCUT2D eigenvalue weighted by atomic mass is 19.1. The minimum atomic E-state index is -0.396. The van der Waals surface area contributed by atoms with Crippen LogP contribution in [0.3, 0.4) is 0 Å². The van der Waals surface area contributed by atoms with E-state index in [0.29, 0.717) is 18.3 Å². The monoisotopic (exact) mass is 296 g/mol. The molecular weight excluding hydrogens is 267 g/mol. The van der Waals surface area contributed by atoms with Gasteiger partial charge in [-0.25, -0.2) is 4.39 Å². The lowest BCUT2D eigenvalue weighted by molar-refractivity contribution is 0.301. The fourth-order valence-electron chi connectivity index (χ4n) is 2.32. The molecule has 3 nitrogen and oxygen atoms in total. The first-order valence-electron chi connectivity index (χ1n) is 8.10. The van der Waals surface area contributed by atoms with E-state index in [-0.39, 0.29) is 5.75 Å². The molecule has 0 saturated heterocycles. The van der Waals surface area contributed by atoms with Gasteiger partial charge in [0, 0.05) is 18.2 Å². The maximum atomic E-state index is 13.8. The van der Waals surface area contributed by atoms with Gasteiger partial charge < -0.3 is 15.8 Å². The molecule has 0 aromatic heterocycles. The summed E-state index contributed by atoms with van der Waals surface area (Å²) in [6.45, 7) is 6.86. The first kappa shape index (κ1) is 17.6. The van der Waals surface area contributed by atoms with Crippen molar-refractivity contribution in [2.45, 2.75) is 65.3 Å². The molecule has 3 N–H and O–H groups in total. The SMILES string of the molecule is CCCCC(CCC)Nc1cc(OCCC)c(F)cc1N. The normalized spacial score (nSPS) is 12.2. The van der Waals surface area contributed by atoms with Gasteiger partial charge in [-0.1, -0.05) is 40.0 Å². The quantitative estimate of drug-likeness (QED) is 0.599. The van der Waals surface area contributed by atoms with Gasteiger partial charge >= 0.3 is 0 Å². The molecule has 1 unspecified atom stereocenters. The van der Waals surface area contributed by atoms with Crippen LogP contribution in [0.15, 0.2) is 12.1 Å². The minimum Gasteiger partial charge on any atom is -0.490 e. The lowest BCUT2D eigenvalue weighted by Gasteiger charge is -2.21. The molecule has 0 aliphatic rings. The predicted molar refractivity (Wildman–Crippen MR) is 88.4 cm³/mol. The molecule has 4 heteroatoms. The molecule has 1 aromatic carbocycles. The Balaban J connectivity index is 2.83. The summed E-state index contributed by atoms with van der Waals surface area (Å²) >= 11 is 0. The molecule has 1 atom stereocenters. The van der Waals surface area contributed by atoms with E-state index in [1.54, 1.807) is 6.07 Å². The summed E-state index contributed by atoms with van der Waals surface area (Å²) in [6, 6.07) is 3.41. The van der Waals surface area contributed by atoms with Crippen LogP contribution < -0.4 is 15.8 Å². The van der Waals surface area contributed by atoms with Crippen LogP contribution in [0.1, 0.15) is 59.3 Å². The maximum Gasteiger partial charge on any atom is 0.167 e. The Bertz CT molecular complexity index is 423. The van der Waals surface area contributed by atoms with Crippen molar-refractivity contribution in [1.29, 1.82) is 0 Å². The summed E-state index contributed by atoms with van der Waals surface area (Å²) in [4.78, 5) is 0. The van der Waals surface area contributed by atoms with Crippen LogP contribution in [0.5, 0.6) is 5.75 Å².